The van der Waals surface area contributed by atoms with Crippen LogP contribution in [0.2, 0.25) is 0 Å². The maximum atomic E-state index is 11.3. The molecule has 0 aromatic rings. The molecule has 1 rings (SSSR count). The Morgan fingerprint density at radius 1 is 1.36 bits per heavy atom. The standard InChI is InChI=1S/C15H30N4O3/c1-13(2)22-14(20)5-3-6-17-15(16)18-7-4-8-19-9-11-21-12-10-19/h13H,3-12H2,1-2H3,(H3,16,17,18). The normalized spacial score (nSPS) is 16.8. The molecule has 0 bridgehead atoms. The van der Waals surface area contributed by atoms with E-state index in [0.29, 0.717) is 25.3 Å². The second kappa shape index (κ2) is 11.3. The van der Waals surface area contributed by atoms with Crippen LogP contribution < -0.4 is 11.1 Å². The van der Waals surface area contributed by atoms with Crippen molar-refractivity contribution in [2.24, 2.45) is 10.7 Å². The van der Waals surface area contributed by atoms with E-state index >= 15 is 0 Å². The van der Waals surface area contributed by atoms with Crippen LogP contribution in [0.3, 0.4) is 0 Å². The van der Waals surface area contributed by atoms with Crippen molar-refractivity contribution in [3.05, 3.63) is 0 Å². The smallest absolute Gasteiger partial charge is 0.306 e. The summed E-state index contributed by atoms with van der Waals surface area (Å²) in [7, 11) is 0. The molecule has 0 aromatic carbocycles. The number of hydrogen-bond donors (Lipinski definition) is 2. The number of ether oxygens (including phenoxy) is 2. The van der Waals surface area contributed by atoms with E-state index in [2.05, 4.69) is 15.2 Å². The Labute approximate surface area is 133 Å². The number of hydrogen-bond acceptors (Lipinski definition) is 5. The average molecular weight is 314 g/mol. The Morgan fingerprint density at radius 3 is 2.77 bits per heavy atom. The van der Waals surface area contributed by atoms with Crippen LogP contribution in [0.4, 0.5) is 0 Å². The first-order valence-electron chi connectivity index (χ1n) is 8.11. The Bertz CT molecular complexity index is 342. The molecule has 0 radical (unpaired) electrons. The molecule has 3 N–H and O–H groups in total. The van der Waals surface area contributed by atoms with E-state index in [0.717, 1.165) is 45.8 Å². The van der Waals surface area contributed by atoms with Gasteiger partial charge in [-0.25, -0.2) is 0 Å². The molecule has 0 unspecified atom stereocenters. The van der Waals surface area contributed by atoms with Crippen LogP contribution in [0.15, 0.2) is 4.99 Å². The van der Waals surface area contributed by atoms with Crippen LogP contribution in [0.25, 0.3) is 0 Å². The highest BCUT2D eigenvalue weighted by Gasteiger charge is 2.09. The van der Waals surface area contributed by atoms with Crippen LogP contribution >= 0.6 is 0 Å². The molecule has 0 saturated carbocycles. The van der Waals surface area contributed by atoms with Gasteiger partial charge in [-0.3, -0.25) is 14.7 Å². The van der Waals surface area contributed by atoms with E-state index in [-0.39, 0.29) is 12.1 Å². The minimum Gasteiger partial charge on any atom is -0.463 e. The Balaban J connectivity index is 1.99. The number of rotatable bonds is 9. The summed E-state index contributed by atoms with van der Waals surface area (Å²) in [5.41, 5.74) is 5.78. The molecule has 0 atom stereocenters. The van der Waals surface area contributed by atoms with Crippen LogP contribution in [0.1, 0.15) is 33.1 Å². The van der Waals surface area contributed by atoms with Gasteiger partial charge in [-0.1, -0.05) is 0 Å². The first kappa shape index (κ1) is 18.7. The van der Waals surface area contributed by atoms with Gasteiger partial charge in [0.25, 0.3) is 0 Å². The van der Waals surface area contributed by atoms with E-state index in [1.807, 2.05) is 13.8 Å². The lowest BCUT2D eigenvalue weighted by Crippen LogP contribution is -2.39. The lowest BCUT2D eigenvalue weighted by Gasteiger charge is -2.26. The van der Waals surface area contributed by atoms with Gasteiger partial charge in [0, 0.05) is 32.6 Å². The maximum absolute atomic E-state index is 11.3. The summed E-state index contributed by atoms with van der Waals surface area (Å²) in [6, 6.07) is 0. The fourth-order valence-corrected chi connectivity index (χ4v) is 2.14. The van der Waals surface area contributed by atoms with E-state index in [9.17, 15) is 4.79 Å². The molecule has 128 valence electrons. The van der Waals surface area contributed by atoms with Gasteiger partial charge < -0.3 is 20.5 Å². The molecule has 22 heavy (non-hydrogen) atoms. The highest BCUT2D eigenvalue weighted by molar-refractivity contribution is 5.77. The lowest BCUT2D eigenvalue weighted by molar-refractivity contribution is -0.147. The first-order valence-corrected chi connectivity index (χ1v) is 8.11. The molecule has 0 amide bonds. The molecule has 7 nitrogen and oxygen atoms in total. The fraction of sp³-hybridized carbons (Fsp3) is 0.867. The number of aliphatic imine (C=N–C) groups is 1. The van der Waals surface area contributed by atoms with Gasteiger partial charge in [0.15, 0.2) is 5.96 Å². The summed E-state index contributed by atoms with van der Waals surface area (Å²) in [5, 5.41) is 3.10. The van der Waals surface area contributed by atoms with Gasteiger partial charge in [0.1, 0.15) is 0 Å². The highest BCUT2D eigenvalue weighted by Crippen LogP contribution is 1.98. The Kier molecular flexibility index (Phi) is 9.57. The minimum absolute atomic E-state index is 0.0609. The van der Waals surface area contributed by atoms with Crippen LogP contribution in [0, 0.1) is 0 Å². The zero-order valence-electron chi connectivity index (χ0n) is 13.8. The van der Waals surface area contributed by atoms with Crippen molar-refractivity contribution in [1.29, 1.82) is 0 Å². The molecule has 1 aliphatic rings. The molecule has 1 fully saturated rings. The van der Waals surface area contributed by atoms with Crippen molar-refractivity contribution >= 4 is 11.9 Å². The van der Waals surface area contributed by atoms with Crippen molar-refractivity contribution in [3.63, 3.8) is 0 Å². The maximum Gasteiger partial charge on any atom is 0.306 e. The summed E-state index contributed by atoms with van der Waals surface area (Å²) in [5.74, 6) is 0.265. The molecule has 7 heteroatoms. The van der Waals surface area contributed by atoms with Crippen molar-refractivity contribution < 1.29 is 14.3 Å². The molecule has 0 spiro atoms. The van der Waals surface area contributed by atoms with Gasteiger partial charge in [0.05, 0.1) is 19.3 Å². The van der Waals surface area contributed by atoms with Gasteiger partial charge in [-0.15, -0.1) is 0 Å². The Morgan fingerprint density at radius 2 is 2.09 bits per heavy atom. The predicted octanol–water partition coefficient (Wildman–Crippen LogP) is 0.345. The number of guanidine groups is 1. The van der Waals surface area contributed by atoms with E-state index in [4.69, 9.17) is 15.2 Å². The van der Waals surface area contributed by atoms with Crippen molar-refractivity contribution in [1.82, 2.24) is 10.2 Å². The zero-order chi connectivity index (χ0) is 16.2. The highest BCUT2D eigenvalue weighted by atomic mass is 16.5. The predicted molar refractivity (Wildman–Crippen MR) is 86.8 cm³/mol. The summed E-state index contributed by atoms with van der Waals surface area (Å²) in [6.45, 7) is 9.75. The molecule has 1 heterocycles. The molecular weight excluding hydrogens is 284 g/mol. The number of nitrogens with two attached hydrogens (primary N) is 1. The van der Waals surface area contributed by atoms with Crippen LogP contribution in [-0.2, 0) is 14.3 Å². The monoisotopic (exact) mass is 314 g/mol. The second-order valence-electron chi connectivity index (χ2n) is 5.64. The van der Waals surface area contributed by atoms with Crippen molar-refractivity contribution in [2.75, 3.05) is 45.9 Å². The summed E-state index contributed by atoms with van der Waals surface area (Å²) in [6.07, 6.45) is 2.00. The van der Waals surface area contributed by atoms with E-state index < -0.39 is 0 Å². The van der Waals surface area contributed by atoms with Gasteiger partial charge in [0.2, 0.25) is 0 Å². The summed E-state index contributed by atoms with van der Waals surface area (Å²) < 4.78 is 10.4. The van der Waals surface area contributed by atoms with Crippen LogP contribution in [0.5, 0.6) is 0 Å². The SMILES string of the molecule is CC(C)OC(=O)CCCN=C(N)NCCCN1CCOCC1. The third-order valence-electron chi connectivity index (χ3n) is 3.25. The van der Waals surface area contributed by atoms with Crippen molar-refractivity contribution in [2.45, 2.75) is 39.2 Å². The molecule has 1 aliphatic heterocycles. The van der Waals surface area contributed by atoms with Gasteiger partial charge in [-0.2, -0.15) is 0 Å². The fourth-order valence-electron chi connectivity index (χ4n) is 2.14. The number of carbonyl (C=O) groups is 1. The van der Waals surface area contributed by atoms with Crippen molar-refractivity contribution in [3.8, 4) is 0 Å². The number of morpholine rings is 1. The number of carbonyl (C=O) groups excluding carboxylic acids is 1. The topological polar surface area (TPSA) is 89.2 Å². The third-order valence-corrected chi connectivity index (χ3v) is 3.25. The van der Waals surface area contributed by atoms with Gasteiger partial charge >= 0.3 is 5.97 Å². The molecular formula is C15H30N4O3. The quantitative estimate of drug-likeness (QED) is 0.276. The lowest BCUT2D eigenvalue weighted by atomic mass is 10.3. The van der Waals surface area contributed by atoms with E-state index in [1.54, 1.807) is 0 Å². The summed E-state index contributed by atoms with van der Waals surface area (Å²) in [4.78, 5) is 17.9. The summed E-state index contributed by atoms with van der Waals surface area (Å²) >= 11 is 0. The molecule has 0 aliphatic carbocycles. The van der Waals surface area contributed by atoms with Gasteiger partial charge in [-0.05, 0) is 33.2 Å². The third kappa shape index (κ3) is 9.57. The largest absolute Gasteiger partial charge is 0.463 e. The molecule has 1 saturated heterocycles. The number of nitrogens with zero attached hydrogens (tertiary/aromatic N) is 2. The van der Waals surface area contributed by atoms with E-state index in [1.165, 1.54) is 0 Å². The Hall–Kier alpha value is -1.34. The van der Waals surface area contributed by atoms with Crippen LogP contribution in [-0.4, -0.2) is 68.9 Å². The minimum atomic E-state index is -0.178. The second-order valence-corrected chi connectivity index (χ2v) is 5.64. The number of nitrogens with one attached hydrogen (secondary N) is 1. The number of esters is 1. The molecule has 0 aromatic heterocycles. The first-order chi connectivity index (χ1) is 10.6. The zero-order valence-corrected chi connectivity index (χ0v) is 13.8. The average Bonchev–Trinajstić information content (AvgIpc) is 2.48.